The van der Waals surface area contributed by atoms with Crippen molar-refractivity contribution in [1.29, 1.82) is 0 Å². The van der Waals surface area contributed by atoms with Gasteiger partial charge in [-0.25, -0.2) is 0 Å². The molecule has 2 nitrogen and oxygen atoms in total. The van der Waals surface area contributed by atoms with E-state index in [2.05, 4.69) is 115 Å². The van der Waals surface area contributed by atoms with Crippen molar-refractivity contribution in [2.45, 2.75) is 20.3 Å². The zero-order chi connectivity index (χ0) is 29.1. The van der Waals surface area contributed by atoms with Crippen LogP contribution in [-0.2, 0) is 30.7 Å². The molecule has 6 aromatic rings. The summed E-state index contributed by atoms with van der Waals surface area (Å²) >= 11 is 1.46. The van der Waals surface area contributed by atoms with Crippen LogP contribution in [0.15, 0.2) is 133 Å². The molecule has 0 unspecified atom stereocenters. The van der Waals surface area contributed by atoms with Gasteiger partial charge in [0.15, 0.2) is 0 Å². The number of ether oxygens (including phenoxy) is 2. The second kappa shape index (κ2) is 17.8. The van der Waals surface area contributed by atoms with E-state index in [1.165, 1.54) is 71.6 Å². The third-order valence-corrected chi connectivity index (χ3v) is 8.46. The van der Waals surface area contributed by atoms with E-state index in [4.69, 9.17) is 9.47 Å². The summed E-state index contributed by atoms with van der Waals surface area (Å²) in [5, 5.41) is 2.39. The molecule has 0 amide bonds. The minimum atomic E-state index is 0. The topological polar surface area (TPSA) is 18.5 Å². The first-order chi connectivity index (χ1) is 20.7. The molecule has 222 valence electrons. The number of halogens is 2. The first-order valence-electron chi connectivity index (χ1n) is 14.4. The molecule has 0 N–H and O–H groups in total. The molecule has 1 aliphatic carbocycles. The Labute approximate surface area is 288 Å². The average Bonchev–Trinajstić information content (AvgIpc) is 3.67. The number of hydrogen-bond acceptors (Lipinski definition) is 2. The normalized spacial score (nSPS) is 10.4. The standard InChI is InChI=1S/C13H15O2.C13H9.C13H10.2ClH.Zr/c1-3-14-12-8-10-6-5-7-11(10)9-13(12)15-4-2;1-3-7-12-10(5-1)9-11-6-2-4-8-13(11)12;1-3-7-12(8-4-1)11-13-9-5-2-6-10-13;;;/h5-9H,3-4H2,1-2H3;1-5,7-8H,9H2;1-10H;2*1H;/q2*-1;;;;+2/p-2. The second-order valence-electron chi connectivity index (χ2n) is 9.82. The van der Waals surface area contributed by atoms with Crippen LogP contribution in [0.3, 0.4) is 0 Å². The smallest absolute Gasteiger partial charge is 0.0253 e. The van der Waals surface area contributed by atoms with Gasteiger partial charge in [0.25, 0.3) is 0 Å². The Morgan fingerprint density at radius 2 is 1.27 bits per heavy atom. The van der Waals surface area contributed by atoms with Crippen LogP contribution >= 0.6 is 0 Å². The van der Waals surface area contributed by atoms with Crippen molar-refractivity contribution < 1.29 is 58.5 Å². The Bertz CT molecular complexity index is 1620. The Balaban J connectivity index is 0.000000177. The van der Waals surface area contributed by atoms with E-state index in [9.17, 15) is 0 Å². The van der Waals surface area contributed by atoms with Gasteiger partial charge < -0.3 is 34.3 Å². The second-order valence-corrected chi connectivity index (χ2v) is 11.1. The summed E-state index contributed by atoms with van der Waals surface area (Å²) in [6.07, 6.45) is 1.05. The van der Waals surface area contributed by atoms with Gasteiger partial charge in [-0.3, -0.25) is 0 Å². The number of hydrogen-bond donors (Lipinski definition) is 0. The minimum Gasteiger partial charge on any atom is -0.179 e. The molecular formula is C39H34Cl2O2Zr-2. The molecule has 0 aromatic heterocycles. The Morgan fingerprint density at radius 3 is 1.91 bits per heavy atom. The number of fused-ring (bicyclic) bond motifs is 4. The van der Waals surface area contributed by atoms with Gasteiger partial charge in [0.1, 0.15) is 11.5 Å². The van der Waals surface area contributed by atoms with Crippen molar-refractivity contribution in [3.63, 3.8) is 0 Å². The van der Waals surface area contributed by atoms with Gasteiger partial charge >= 0.3 is 99.2 Å². The van der Waals surface area contributed by atoms with Gasteiger partial charge in [-0.05, 0) is 20.3 Å². The molecule has 0 radical (unpaired) electrons. The molecule has 6 aromatic carbocycles. The molecule has 1 aliphatic rings. The van der Waals surface area contributed by atoms with Crippen LogP contribution in [-0.4, -0.2) is 16.4 Å². The summed E-state index contributed by atoms with van der Waals surface area (Å²) in [6.45, 7) is 5.27. The van der Waals surface area contributed by atoms with E-state index in [-0.39, 0.29) is 24.8 Å². The van der Waals surface area contributed by atoms with E-state index in [0.29, 0.717) is 13.2 Å². The molecule has 0 bridgehead atoms. The summed E-state index contributed by atoms with van der Waals surface area (Å²) in [7, 11) is 0. The van der Waals surface area contributed by atoms with Gasteiger partial charge in [-0.1, -0.05) is 47.5 Å². The summed E-state index contributed by atoms with van der Waals surface area (Å²) in [6, 6.07) is 49.5. The summed E-state index contributed by atoms with van der Waals surface area (Å²) in [5.41, 5.74) is 8.17. The SMILES string of the molecule is CCOc1cc2cc[cH-]c2cc1OCC.[Cl-].[Cl-].[Zr+2]=[C](c1ccccc1)c1ccccc1.[c-]1cccc2c1Cc1ccccc1-2. The number of rotatable bonds is 6. The zero-order valence-corrected chi connectivity index (χ0v) is 28.9. The van der Waals surface area contributed by atoms with E-state index in [0.717, 1.165) is 17.9 Å². The Hall–Kier alpha value is -3.36. The molecule has 5 heteroatoms. The summed E-state index contributed by atoms with van der Waals surface area (Å²) in [4.78, 5) is 0. The van der Waals surface area contributed by atoms with Crippen molar-refractivity contribution >= 4 is 14.0 Å². The molecular weight excluding hydrogens is 663 g/mol. The fraction of sp³-hybridized carbons (Fsp3) is 0.128. The van der Waals surface area contributed by atoms with Crippen LogP contribution in [0.2, 0.25) is 0 Å². The average molecular weight is 697 g/mol. The van der Waals surface area contributed by atoms with E-state index < -0.39 is 0 Å². The quantitative estimate of drug-likeness (QED) is 0.249. The summed E-state index contributed by atoms with van der Waals surface area (Å²) < 4.78 is 12.5. The molecule has 0 heterocycles. The minimum absolute atomic E-state index is 0. The maximum Gasteiger partial charge on any atom is -0.0253 e. The van der Waals surface area contributed by atoms with E-state index >= 15 is 0 Å². The van der Waals surface area contributed by atoms with Crippen LogP contribution in [0.4, 0.5) is 0 Å². The molecule has 0 fully saturated rings. The van der Waals surface area contributed by atoms with Crippen molar-refractivity contribution in [2.24, 2.45) is 0 Å². The third kappa shape index (κ3) is 8.85. The monoisotopic (exact) mass is 694 g/mol. The molecule has 44 heavy (non-hydrogen) atoms. The predicted molar refractivity (Wildman–Crippen MR) is 171 cm³/mol. The van der Waals surface area contributed by atoms with Crippen LogP contribution in [0.5, 0.6) is 11.5 Å². The Kier molecular flexibility index (Phi) is 14.2. The van der Waals surface area contributed by atoms with Gasteiger partial charge in [0.2, 0.25) is 0 Å². The largest absolute Gasteiger partial charge is 0.179 e. The van der Waals surface area contributed by atoms with Crippen LogP contribution in [0, 0.1) is 6.07 Å². The van der Waals surface area contributed by atoms with Crippen molar-refractivity contribution in [1.82, 2.24) is 0 Å². The molecule has 0 saturated heterocycles. The fourth-order valence-corrected chi connectivity index (χ4v) is 5.87. The van der Waals surface area contributed by atoms with E-state index in [1.807, 2.05) is 38.1 Å². The molecule has 7 rings (SSSR count). The van der Waals surface area contributed by atoms with Gasteiger partial charge in [0.05, 0.1) is 13.2 Å². The molecule has 0 atom stereocenters. The van der Waals surface area contributed by atoms with Crippen LogP contribution in [0.25, 0.3) is 21.9 Å². The van der Waals surface area contributed by atoms with E-state index in [1.54, 1.807) is 0 Å². The van der Waals surface area contributed by atoms with Crippen molar-refractivity contribution in [3.05, 3.63) is 162 Å². The predicted octanol–water partition coefficient (Wildman–Crippen LogP) is 3.22. The number of benzene rings is 5. The molecule has 0 aliphatic heterocycles. The van der Waals surface area contributed by atoms with Crippen molar-refractivity contribution in [2.75, 3.05) is 13.2 Å². The zero-order valence-electron chi connectivity index (χ0n) is 24.9. The van der Waals surface area contributed by atoms with Gasteiger partial charge in [-0.15, -0.1) is 22.4 Å². The van der Waals surface area contributed by atoms with Gasteiger partial charge in [0, 0.05) is 0 Å². The maximum absolute atomic E-state index is 5.54. The van der Waals surface area contributed by atoms with Crippen molar-refractivity contribution in [3.8, 4) is 22.6 Å². The van der Waals surface area contributed by atoms with Gasteiger partial charge in [-0.2, -0.15) is 42.0 Å². The van der Waals surface area contributed by atoms with Crippen LogP contribution < -0.4 is 34.3 Å². The Morgan fingerprint density at radius 1 is 0.705 bits per heavy atom. The molecule has 0 saturated carbocycles. The van der Waals surface area contributed by atoms with Crippen LogP contribution in [0.1, 0.15) is 36.1 Å². The first-order valence-corrected chi connectivity index (χ1v) is 15.6. The fourth-order valence-electron chi connectivity index (χ4n) is 5.05. The summed E-state index contributed by atoms with van der Waals surface area (Å²) in [5.74, 6) is 1.66. The first kappa shape index (κ1) is 35.1. The third-order valence-electron chi connectivity index (χ3n) is 7.04. The molecule has 0 spiro atoms. The maximum atomic E-state index is 5.54.